The van der Waals surface area contributed by atoms with Crippen LogP contribution in [0.1, 0.15) is 38.5 Å². The molecular weight excluding hydrogens is 220 g/mol. The van der Waals surface area contributed by atoms with Crippen molar-refractivity contribution in [1.29, 1.82) is 0 Å². The molecular formula is C12H22N2OS. The Bertz CT molecular complexity index is 229. The van der Waals surface area contributed by atoms with Gasteiger partial charge in [0.05, 0.1) is 6.04 Å². The second kappa shape index (κ2) is 6.50. The predicted octanol–water partition coefficient (Wildman–Crippen LogP) is 1.53. The van der Waals surface area contributed by atoms with Gasteiger partial charge in [0.1, 0.15) is 0 Å². The Morgan fingerprint density at radius 1 is 1.25 bits per heavy atom. The van der Waals surface area contributed by atoms with Gasteiger partial charge < -0.3 is 10.6 Å². The smallest absolute Gasteiger partial charge is 0.237 e. The van der Waals surface area contributed by atoms with Gasteiger partial charge in [-0.2, -0.15) is 11.8 Å². The van der Waals surface area contributed by atoms with E-state index in [4.69, 9.17) is 0 Å². The second-order valence-electron chi connectivity index (χ2n) is 4.74. The highest BCUT2D eigenvalue weighted by Crippen LogP contribution is 2.24. The van der Waals surface area contributed by atoms with Crippen LogP contribution in [0.3, 0.4) is 0 Å². The molecule has 0 aromatic heterocycles. The third kappa shape index (κ3) is 3.67. The highest BCUT2D eigenvalue weighted by Gasteiger charge is 2.22. The fourth-order valence-corrected chi connectivity index (χ4v) is 3.63. The molecule has 2 fully saturated rings. The van der Waals surface area contributed by atoms with E-state index in [2.05, 4.69) is 22.4 Å². The fraction of sp³-hybridized carbons (Fsp3) is 0.917. The minimum atomic E-state index is 0.0602. The van der Waals surface area contributed by atoms with Crippen molar-refractivity contribution in [2.75, 3.05) is 18.8 Å². The van der Waals surface area contributed by atoms with Crippen molar-refractivity contribution in [1.82, 2.24) is 10.6 Å². The number of rotatable bonds is 3. The summed E-state index contributed by atoms with van der Waals surface area (Å²) in [6.45, 7) is 1.86. The molecule has 0 aromatic rings. The molecule has 2 aliphatic rings. The van der Waals surface area contributed by atoms with Gasteiger partial charge in [0.2, 0.25) is 5.91 Å². The molecule has 2 heterocycles. The largest absolute Gasteiger partial charge is 0.355 e. The van der Waals surface area contributed by atoms with Crippen molar-refractivity contribution in [2.24, 2.45) is 0 Å². The summed E-state index contributed by atoms with van der Waals surface area (Å²) in [4.78, 5) is 11.7. The number of nitrogens with one attached hydrogen (secondary N) is 2. The van der Waals surface area contributed by atoms with E-state index >= 15 is 0 Å². The van der Waals surface area contributed by atoms with Crippen LogP contribution in [-0.2, 0) is 4.79 Å². The number of amides is 1. The highest BCUT2D eigenvalue weighted by atomic mass is 32.2. The predicted molar refractivity (Wildman–Crippen MR) is 68.7 cm³/mol. The van der Waals surface area contributed by atoms with E-state index in [0.29, 0.717) is 0 Å². The molecule has 2 unspecified atom stereocenters. The lowest BCUT2D eigenvalue weighted by Gasteiger charge is -2.24. The van der Waals surface area contributed by atoms with Gasteiger partial charge in [0.25, 0.3) is 0 Å². The van der Waals surface area contributed by atoms with E-state index < -0.39 is 0 Å². The van der Waals surface area contributed by atoms with Crippen molar-refractivity contribution in [3.8, 4) is 0 Å². The van der Waals surface area contributed by atoms with Gasteiger partial charge in [-0.25, -0.2) is 0 Å². The summed E-state index contributed by atoms with van der Waals surface area (Å²) >= 11 is 2.06. The number of thioether (sulfide) groups is 1. The van der Waals surface area contributed by atoms with Gasteiger partial charge in [0.15, 0.2) is 0 Å². The monoisotopic (exact) mass is 242 g/mol. The number of carbonyl (C=O) groups excluding carboxylic acids is 1. The van der Waals surface area contributed by atoms with Crippen LogP contribution in [0.15, 0.2) is 0 Å². The first kappa shape index (κ1) is 12.2. The minimum absolute atomic E-state index is 0.0602. The summed E-state index contributed by atoms with van der Waals surface area (Å²) in [6, 6.07) is 0.0602. The molecule has 4 heteroatoms. The average molecular weight is 242 g/mol. The lowest BCUT2D eigenvalue weighted by Crippen LogP contribution is -2.45. The summed E-state index contributed by atoms with van der Waals surface area (Å²) in [5.41, 5.74) is 0. The van der Waals surface area contributed by atoms with Gasteiger partial charge in [0, 0.05) is 18.3 Å². The molecule has 3 nitrogen and oxygen atoms in total. The van der Waals surface area contributed by atoms with E-state index in [9.17, 15) is 4.79 Å². The molecule has 0 aliphatic carbocycles. The van der Waals surface area contributed by atoms with Crippen LogP contribution in [0.5, 0.6) is 0 Å². The molecule has 92 valence electrons. The van der Waals surface area contributed by atoms with Crippen LogP contribution in [-0.4, -0.2) is 36.0 Å². The zero-order valence-corrected chi connectivity index (χ0v) is 10.7. The maximum atomic E-state index is 11.7. The summed E-state index contributed by atoms with van der Waals surface area (Å²) in [5.74, 6) is 1.50. The summed E-state index contributed by atoms with van der Waals surface area (Å²) in [5, 5.41) is 7.15. The third-order valence-electron chi connectivity index (χ3n) is 3.40. The maximum absolute atomic E-state index is 11.7. The Morgan fingerprint density at radius 2 is 2.12 bits per heavy atom. The van der Waals surface area contributed by atoms with E-state index in [0.717, 1.165) is 37.6 Å². The second-order valence-corrected chi connectivity index (χ2v) is 6.14. The SMILES string of the molecule is O=C1NCCCCC1NCC1CCCCS1. The third-order valence-corrected chi connectivity index (χ3v) is 4.80. The van der Waals surface area contributed by atoms with Crippen LogP contribution in [0.4, 0.5) is 0 Å². The Hall–Kier alpha value is -0.220. The van der Waals surface area contributed by atoms with Crippen molar-refractivity contribution in [2.45, 2.75) is 49.8 Å². The Morgan fingerprint density at radius 3 is 2.94 bits per heavy atom. The molecule has 2 rings (SSSR count). The maximum Gasteiger partial charge on any atom is 0.237 e. The van der Waals surface area contributed by atoms with E-state index in [1.165, 1.54) is 25.0 Å². The van der Waals surface area contributed by atoms with Gasteiger partial charge in [-0.1, -0.05) is 6.42 Å². The molecule has 2 N–H and O–H groups in total. The van der Waals surface area contributed by atoms with Crippen molar-refractivity contribution < 1.29 is 4.79 Å². The van der Waals surface area contributed by atoms with E-state index in [-0.39, 0.29) is 11.9 Å². The zero-order valence-electron chi connectivity index (χ0n) is 9.84. The normalized spacial score (nSPS) is 31.9. The molecule has 0 bridgehead atoms. The molecule has 0 aromatic carbocycles. The molecule has 2 atom stereocenters. The molecule has 0 radical (unpaired) electrons. The number of hydrogen-bond acceptors (Lipinski definition) is 3. The first-order chi connectivity index (χ1) is 7.86. The first-order valence-corrected chi connectivity index (χ1v) is 7.54. The Kier molecular flexibility index (Phi) is 4.97. The van der Waals surface area contributed by atoms with Crippen LogP contribution in [0.2, 0.25) is 0 Å². The van der Waals surface area contributed by atoms with Gasteiger partial charge in [-0.05, 0) is 37.9 Å². The lowest BCUT2D eigenvalue weighted by atomic mass is 10.1. The highest BCUT2D eigenvalue weighted by molar-refractivity contribution is 7.99. The average Bonchev–Trinajstić information content (AvgIpc) is 2.53. The molecule has 2 aliphatic heterocycles. The van der Waals surface area contributed by atoms with Crippen LogP contribution < -0.4 is 10.6 Å². The van der Waals surface area contributed by atoms with Gasteiger partial charge in [-0.3, -0.25) is 4.79 Å². The first-order valence-electron chi connectivity index (χ1n) is 6.49. The molecule has 2 saturated heterocycles. The molecule has 0 spiro atoms. The van der Waals surface area contributed by atoms with Crippen LogP contribution in [0.25, 0.3) is 0 Å². The molecule has 0 saturated carbocycles. The fourth-order valence-electron chi connectivity index (χ4n) is 2.38. The van der Waals surface area contributed by atoms with Crippen LogP contribution >= 0.6 is 11.8 Å². The lowest BCUT2D eigenvalue weighted by molar-refractivity contribution is -0.122. The molecule has 1 amide bonds. The quantitative estimate of drug-likeness (QED) is 0.788. The van der Waals surface area contributed by atoms with Crippen molar-refractivity contribution in [3.05, 3.63) is 0 Å². The van der Waals surface area contributed by atoms with Crippen molar-refractivity contribution >= 4 is 17.7 Å². The topological polar surface area (TPSA) is 41.1 Å². The summed E-state index contributed by atoms with van der Waals surface area (Å²) < 4.78 is 0. The van der Waals surface area contributed by atoms with Crippen LogP contribution in [0, 0.1) is 0 Å². The van der Waals surface area contributed by atoms with E-state index in [1.807, 2.05) is 0 Å². The Balaban J connectivity index is 1.72. The standard InChI is InChI=1S/C12H22N2OS/c15-12-11(6-1-3-7-13-12)14-9-10-5-2-4-8-16-10/h10-11,14H,1-9H2,(H,13,15). The summed E-state index contributed by atoms with van der Waals surface area (Å²) in [6.07, 6.45) is 7.33. The summed E-state index contributed by atoms with van der Waals surface area (Å²) in [7, 11) is 0. The molecule has 16 heavy (non-hydrogen) atoms. The number of carbonyl (C=O) groups is 1. The minimum Gasteiger partial charge on any atom is -0.355 e. The van der Waals surface area contributed by atoms with Gasteiger partial charge >= 0.3 is 0 Å². The van der Waals surface area contributed by atoms with Gasteiger partial charge in [-0.15, -0.1) is 0 Å². The van der Waals surface area contributed by atoms with E-state index in [1.54, 1.807) is 0 Å². The number of hydrogen-bond donors (Lipinski definition) is 2. The Labute approximate surface area is 102 Å². The van der Waals surface area contributed by atoms with Crippen molar-refractivity contribution in [3.63, 3.8) is 0 Å². The zero-order chi connectivity index (χ0) is 11.2.